The van der Waals surface area contributed by atoms with Gasteiger partial charge in [-0.3, -0.25) is 4.79 Å². The lowest BCUT2D eigenvalue weighted by atomic mass is 10.2. The standard InChI is InChI=1S/C13H18N2O3/c1-18-13(17)10-5-4-6-11(9-10)15-12(16)7-2-3-8-14/h4-6,9H,2-3,7-8,14H2,1H3,(H,15,16). The summed E-state index contributed by atoms with van der Waals surface area (Å²) in [7, 11) is 1.32. The summed E-state index contributed by atoms with van der Waals surface area (Å²) < 4.78 is 4.61. The molecule has 0 unspecified atom stereocenters. The van der Waals surface area contributed by atoms with E-state index in [1.165, 1.54) is 7.11 Å². The topological polar surface area (TPSA) is 81.4 Å². The zero-order chi connectivity index (χ0) is 13.4. The predicted molar refractivity (Wildman–Crippen MR) is 69.3 cm³/mol. The Bertz CT molecular complexity index is 418. The van der Waals surface area contributed by atoms with Gasteiger partial charge in [0.1, 0.15) is 0 Å². The van der Waals surface area contributed by atoms with Crippen LogP contribution >= 0.6 is 0 Å². The molecule has 1 rings (SSSR count). The van der Waals surface area contributed by atoms with E-state index in [9.17, 15) is 9.59 Å². The summed E-state index contributed by atoms with van der Waals surface area (Å²) in [5, 5.41) is 2.73. The van der Waals surface area contributed by atoms with E-state index in [0.717, 1.165) is 12.8 Å². The Kier molecular flexibility index (Phi) is 5.87. The Morgan fingerprint density at radius 3 is 2.78 bits per heavy atom. The number of hydrogen-bond donors (Lipinski definition) is 2. The van der Waals surface area contributed by atoms with Crippen LogP contribution in [0.5, 0.6) is 0 Å². The predicted octanol–water partition coefficient (Wildman–Crippen LogP) is 1.54. The van der Waals surface area contributed by atoms with Crippen molar-refractivity contribution in [3.05, 3.63) is 29.8 Å². The molecule has 98 valence electrons. The van der Waals surface area contributed by atoms with Crippen LogP contribution in [0.1, 0.15) is 29.6 Å². The molecule has 0 bridgehead atoms. The fraction of sp³-hybridized carbons (Fsp3) is 0.385. The first-order valence-corrected chi connectivity index (χ1v) is 5.85. The van der Waals surface area contributed by atoms with Crippen LogP contribution in [-0.4, -0.2) is 25.5 Å². The number of benzene rings is 1. The molecular weight excluding hydrogens is 232 g/mol. The van der Waals surface area contributed by atoms with Crippen LogP contribution < -0.4 is 11.1 Å². The van der Waals surface area contributed by atoms with Crippen LogP contribution in [0.3, 0.4) is 0 Å². The van der Waals surface area contributed by atoms with Crippen molar-refractivity contribution in [3.8, 4) is 0 Å². The van der Waals surface area contributed by atoms with Crippen molar-refractivity contribution in [2.75, 3.05) is 19.0 Å². The number of methoxy groups -OCH3 is 1. The van der Waals surface area contributed by atoms with Crippen LogP contribution in [0.4, 0.5) is 5.69 Å². The summed E-state index contributed by atoms with van der Waals surface area (Å²) >= 11 is 0. The van der Waals surface area contributed by atoms with Gasteiger partial charge in [-0.05, 0) is 37.6 Å². The van der Waals surface area contributed by atoms with Crippen molar-refractivity contribution in [1.29, 1.82) is 0 Å². The van der Waals surface area contributed by atoms with Crippen LogP contribution in [0.2, 0.25) is 0 Å². The molecule has 1 aromatic rings. The minimum absolute atomic E-state index is 0.0783. The molecule has 0 radical (unpaired) electrons. The van der Waals surface area contributed by atoms with Gasteiger partial charge in [-0.2, -0.15) is 0 Å². The average Bonchev–Trinajstić information content (AvgIpc) is 2.38. The van der Waals surface area contributed by atoms with E-state index < -0.39 is 5.97 Å². The summed E-state index contributed by atoms with van der Waals surface area (Å²) in [5.74, 6) is -0.500. The van der Waals surface area contributed by atoms with Gasteiger partial charge in [-0.15, -0.1) is 0 Å². The largest absolute Gasteiger partial charge is 0.465 e. The van der Waals surface area contributed by atoms with Crippen molar-refractivity contribution in [2.45, 2.75) is 19.3 Å². The molecule has 1 amide bonds. The van der Waals surface area contributed by atoms with Gasteiger partial charge in [0.15, 0.2) is 0 Å². The zero-order valence-electron chi connectivity index (χ0n) is 10.4. The van der Waals surface area contributed by atoms with E-state index in [1.54, 1.807) is 24.3 Å². The maximum atomic E-state index is 11.6. The fourth-order valence-corrected chi connectivity index (χ4v) is 1.50. The number of carbonyl (C=O) groups excluding carboxylic acids is 2. The van der Waals surface area contributed by atoms with E-state index in [-0.39, 0.29) is 5.91 Å². The molecule has 0 heterocycles. The van der Waals surface area contributed by atoms with E-state index in [1.807, 2.05) is 0 Å². The summed E-state index contributed by atoms with van der Waals surface area (Å²) in [5.41, 5.74) is 6.36. The molecule has 0 aliphatic rings. The lowest BCUT2D eigenvalue weighted by Crippen LogP contribution is -2.12. The Morgan fingerprint density at radius 2 is 2.11 bits per heavy atom. The molecule has 3 N–H and O–H groups in total. The van der Waals surface area contributed by atoms with Crippen molar-refractivity contribution in [1.82, 2.24) is 0 Å². The van der Waals surface area contributed by atoms with Gasteiger partial charge in [0.25, 0.3) is 0 Å². The van der Waals surface area contributed by atoms with Crippen molar-refractivity contribution in [3.63, 3.8) is 0 Å². The van der Waals surface area contributed by atoms with Gasteiger partial charge in [-0.25, -0.2) is 4.79 Å². The first kappa shape index (κ1) is 14.2. The van der Waals surface area contributed by atoms with E-state index in [2.05, 4.69) is 10.1 Å². The highest BCUT2D eigenvalue weighted by Gasteiger charge is 2.07. The second-order valence-corrected chi connectivity index (χ2v) is 3.87. The summed E-state index contributed by atoms with van der Waals surface area (Å²) in [4.78, 5) is 22.9. The van der Waals surface area contributed by atoms with Gasteiger partial charge in [-0.1, -0.05) is 6.07 Å². The quantitative estimate of drug-likeness (QED) is 0.592. The number of unbranched alkanes of at least 4 members (excludes halogenated alkanes) is 1. The summed E-state index contributed by atoms with van der Waals surface area (Å²) in [6.07, 6.45) is 2.02. The third-order valence-corrected chi connectivity index (χ3v) is 2.43. The van der Waals surface area contributed by atoms with Crippen LogP contribution in [0.15, 0.2) is 24.3 Å². The Balaban J connectivity index is 2.56. The first-order valence-electron chi connectivity index (χ1n) is 5.85. The number of carbonyl (C=O) groups is 2. The molecule has 0 saturated heterocycles. The monoisotopic (exact) mass is 250 g/mol. The van der Waals surface area contributed by atoms with Crippen molar-refractivity contribution in [2.24, 2.45) is 5.73 Å². The number of nitrogens with one attached hydrogen (secondary N) is 1. The highest BCUT2D eigenvalue weighted by Crippen LogP contribution is 2.12. The normalized spacial score (nSPS) is 9.89. The van der Waals surface area contributed by atoms with Gasteiger partial charge in [0.2, 0.25) is 5.91 Å². The van der Waals surface area contributed by atoms with Crippen molar-refractivity contribution >= 4 is 17.6 Å². The molecule has 5 nitrogen and oxygen atoms in total. The Morgan fingerprint density at radius 1 is 1.33 bits per heavy atom. The second-order valence-electron chi connectivity index (χ2n) is 3.87. The molecule has 0 atom stereocenters. The lowest BCUT2D eigenvalue weighted by molar-refractivity contribution is -0.116. The molecule has 0 fully saturated rings. The molecule has 0 spiro atoms. The highest BCUT2D eigenvalue weighted by molar-refractivity contribution is 5.94. The smallest absolute Gasteiger partial charge is 0.337 e. The minimum atomic E-state index is -0.422. The number of nitrogens with two attached hydrogens (primary N) is 1. The lowest BCUT2D eigenvalue weighted by Gasteiger charge is -2.06. The molecule has 0 saturated carbocycles. The molecule has 5 heteroatoms. The van der Waals surface area contributed by atoms with Crippen LogP contribution in [0, 0.1) is 0 Å². The Labute approximate surface area is 106 Å². The summed E-state index contributed by atoms with van der Waals surface area (Å²) in [6.45, 7) is 0.588. The maximum absolute atomic E-state index is 11.6. The third-order valence-electron chi connectivity index (χ3n) is 2.43. The van der Waals surface area contributed by atoms with E-state index in [0.29, 0.717) is 24.2 Å². The van der Waals surface area contributed by atoms with Crippen molar-refractivity contribution < 1.29 is 14.3 Å². The van der Waals surface area contributed by atoms with E-state index >= 15 is 0 Å². The highest BCUT2D eigenvalue weighted by atomic mass is 16.5. The number of hydrogen-bond acceptors (Lipinski definition) is 4. The number of esters is 1. The Hall–Kier alpha value is -1.88. The SMILES string of the molecule is COC(=O)c1cccc(NC(=O)CCCCN)c1. The number of ether oxygens (including phenoxy) is 1. The minimum Gasteiger partial charge on any atom is -0.465 e. The second kappa shape index (κ2) is 7.45. The van der Waals surface area contributed by atoms with Gasteiger partial charge >= 0.3 is 5.97 Å². The molecular formula is C13H18N2O3. The van der Waals surface area contributed by atoms with Gasteiger partial charge in [0, 0.05) is 12.1 Å². The molecule has 0 aliphatic heterocycles. The third kappa shape index (κ3) is 4.55. The fourth-order valence-electron chi connectivity index (χ4n) is 1.50. The average molecular weight is 250 g/mol. The molecule has 0 aromatic heterocycles. The van der Waals surface area contributed by atoms with E-state index in [4.69, 9.17) is 5.73 Å². The molecule has 1 aromatic carbocycles. The van der Waals surface area contributed by atoms with Gasteiger partial charge < -0.3 is 15.8 Å². The van der Waals surface area contributed by atoms with Crippen LogP contribution in [0.25, 0.3) is 0 Å². The molecule has 0 aliphatic carbocycles. The molecule has 18 heavy (non-hydrogen) atoms. The van der Waals surface area contributed by atoms with Gasteiger partial charge in [0.05, 0.1) is 12.7 Å². The maximum Gasteiger partial charge on any atom is 0.337 e. The summed E-state index contributed by atoms with van der Waals surface area (Å²) in [6, 6.07) is 6.65. The zero-order valence-corrected chi connectivity index (χ0v) is 10.4. The van der Waals surface area contributed by atoms with Crippen LogP contribution in [-0.2, 0) is 9.53 Å². The number of anilines is 1. The first-order chi connectivity index (χ1) is 8.67. The number of rotatable bonds is 6. The number of amides is 1.